The van der Waals surface area contributed by atoms with Crippen LogP contribution < -0.4 is 5.73 Å². The number of aromatic nitrogens is 1. The van der Waals surface area contributed by atoms with Crippen LogP contribution in [0.3, 0.4) is 0 Å². The summed E-state index contributed by atoms with van der Waals surface area (Å²) in [6, 6.07) is 0.407. The molecule has 1 saturated heterocycles. The van der Waals surface area contributed by atoms with Gasteiger partial charge in [-0.25, -0.2) is 4.98 Å². The Bertz CT molecular complexity index is 420. The highest BCUT2D eigenvalue weighted by Gasteiger charge is 2.26. The summed E-state index contributed by atoms with van der Waals surface area (Å²) in [6.45, 7) is 5.20. The molecule has 1 unspecified atom stereocenters. The molecule has 2 rings (SSSR count). The molecule has 1 fully saturated rings. The van der Waals surface area contributed by atoms with Crippen LogP contribution in [0.5, 0.6) is 0 Å². The van der Waals surface area contributed by atoms with E-state index in [-0.39, 0.29) is 5.91 Å². The van der Waals surface area contributed by atoms with Crippen molar-refractivity contribution in [3.8, 4) is 0 Å². The lowest BCUT2D eigenvalue weighted by Gasteiger charge is -2.37. The molecule has 1 amide bonds. The van der Waals surface area contributed by atoms with E-state index in [4.69, 9.17) is 5.73 Å². The van der Waals surface area contributed by atoms with E-state index in [1.165, 1.54) is 11.3 Å². The molecule has 0 aromatic carbocycles. The fraction of sp³-hybridized carbons (Fsp3) is 0.667. The van der Waals surface area contributed by atoms with Gasteiger partial charge in [0.2, 0.25) is 0 Å². The van der Waals surface area contributed by atoms with Crippen LogP contribution in [0.25, 0.3) is 0 Å². The third-order valence-corrected chi connectivity index (χ3v) is 4.28. The number of amides is 1. The van der Waals surface area contributed by atoms with E-state index < -0.39 is 0 Å². The maximum Gasteiger partial charge on any atom is 0.273 e. The average molecular weight is 268 g/mol. The molecule has 2 N–H and O–H groups in total. The highest BCUT2D eigenvalue weighted by molar-refractivity contribution is 7.09. The monoisotopic (exact) mass is 268 g/mol. The van der Waals surface area contributed by atoms with Crippen LogP contribution in [-0.2, 0) is 6.42 Å². The van der Waals surface area contributed by atoms with Gasteiger partial charge in [0, 0.05) is 37.5 Å². The Morgan fingerprint density at radius 2 is 2.39 bits per heavy atom. The first kappa shape index (κ1) is 13.5. The molecule has 1 aliphatic rings. The average Bonchev–Trinajstić information content (AvgIpc) is 2.81. The first-order valence-corrected chi connectivity index (χ1v) is 7.13. The second kappa shape index (κ2) is 5.77. The maximum absolute atomic E-state index is 12.3. The number of nitrogens with zero attached hydrogens (tertiary/aromatic N) is 3. The molecule has 2 heterocycles. The number of carbonyl (C=O) groups excluding carboxylic acids is 1. The molecule has 100 valence electrons. The van der Waals surface area contributed by atoms with Crippen LogP contribution in [0.4, 0.5) is 0 Å². The lowest BCUT2D eigenvalue weighted by Crippen LogP contribution is -2.52. The standard InChI is InChI=1S/C12H20N4OS/c1-9-7-16(6-5-15(9)2)12(17)10-8-18-11(14-10)3-4-13/h8-9H,3-7,13H2,1-2H3. The van der Waals surface area contributed by atoms with Crippen LogP contribution in [0.2, 0.25) is 0 Å². The minimum atomic E-state index is 0.0504. The van der Waals surface area contributed by atoms with E-state index in [2.05, 4.69) is 23.9 Å². The molecule has 0 radical (unpaired) electrons. The summed E-state index contributed by atoms with van der Waals surface area (Å²) in [5.74, 6) is 0.0504. The quantitative estimate of drug-likeness (QED) is 0.863. The van der Waals surface area contributed by atoms with Crippen LogP contribution in [0.15, 0.2) is 5.38 Å². The molecule has 1 aromatic heterocycles. The Morgan fingerprint density at radius 3 is 3.06 bits per heavy atom. The number of nitrogens with two attached hydrogens (primary N) is 1. The zero-order chi connectivity index (χ0) is 13.1. The number of rotatable bonds is 3. The van der Waals surface area contributed by atoms with E-state index in [1.807, 2.05) is 10.3 Å². The van der Waals surface area contributed by atoms with Gasteiger partial charge in [0.05, 0.1) is 5.01 Å². The number of carbonyl (C=O) groups is 1. The Labute approximate surface area is 112 Å². The summed E-state index contributed by atoms with van der Waals surface area (Å²) in [5, 5.41) is 2.79. The Morgan fingerprint density at radius 1 is 1.61 bits per heavy atom. The molecule has 1 aliphatic heterocycles. The molecule has 0 aliphatic carbocycles. The molecule has 0 spiro atoms. The zero-order valence-corrected chi connectivity index (χ0v) is 11.7. The lowest BCUT2D eigenvalue weighted by molar-refractivity contribution is 0.0567. The van der Waals surface area contributed by atoms with Gasteiger partial charge in [-0.2, -0.15) is 0 Å². The van der Waals surface area contributed by atoms with Crippen molar-refractivity contribution in [2.75, 3.05) is 33.2 Å². The summed E-state index contributed by atoms with van der Waals surface area (Å²) in [6.07, 6.45) is 0.747. The van der Waals surface area contributed by atoms with Crippen LogP contribution in [0.1, 0.15) is 22.4 Å². The van der Waals surface area contributed by atoms with Crippen molar-refractivity contribution in [2.24, 2.45) is 5.73 Å². The number of hydrogen-bond donors (Lipinski definition) is 1. The van der Waals surface area contributed by atoms with Crippen molar-refractivity contribution in [3.63, 3.8) is 0 Å². The Balaban J connectivity index is 2.02. The molecule has 0 saturated carbocycles. The molecular weight excluding hydrogens is 248 g/mol. The summed E-state index contributed by atoms with van der Waals surface area (Å²) in [7, 11) is 2.09. The normalized spacial score (nSPS) is 21.3. The minimum absolute atomic E-state index is 0.0504. The van der Waals surface area contributed by atoms with E-state index in [0.717, 1.165) is 31.1 Å². The smallest absolute Gasteiger partial charge is 0.273 e. The van der Waals surface area contributed by atoms with Gasteiger partial charge < -0.3 is 15.5 Å². The number of likely N-dealkylation sites (N-methyl/N-ethyl adjacent to an activating group) is 1. The zero-order valence-electron chi connectivity index (χ0n) is 10.9. The number of hydrogen-bond acceptors (Lipinski definition) is 5. The highest BCUT2D eigenvalue weighted by Crippen LogP contribution is 2.15. The summed E-state index contributed by atoms with van der Waals surface area (Å²) in [5.41, 5.74) is 6.06. The second-order valence-corrected chi connectivity index (χ2v) is 5.69. The molecule has 6 heteroatoms. The van der Waals surface area contributed by atoms with Crippen molar-refractivity contribution in [2.45, 2.75) is 19.4 Å². The van der Waals surface area contributed by atoms with Crippen molar-refractivity contribution in [1.29, 1.82) is 0 Å². The van der Waals surface area contributed by atoms with Crippen molar-refractivity contribution < 1.29 is 4.79 Å². The molecular formula is C12H20N4OS. The number of thiazole rings is 1. The van der Waals surface area contributed by atoms with Gasteiger partial charge in [-0.3, -0.25) is 4.79 Å². The lowest BCUT2D eigenvalue weighted by atomic mass is 10.2. The predicted octanol–water partition coefficient (Wildman–Crippen LogP) is 0.420. The molecule has 5 nitrogen and oxygen atoms in total. The summed E-state index contributed by atoms with van der Waals surface area (Å²) in [4.78, 5) is 20.8. The SMILES string of the molecule is CC1CN(C(=O)c2csc(CCN)n2)CCN1C. The number of piperazine rings is 1. The van der Waals surface area contributed by atoms with E-state index in [0.29, 0.717) is 18.3 Å². The Kier molecular flexibility index (Phi) is 4.31. The van der Waals surface area contributed by atoms with Crippen molar-refractivity contribution in [3.05, 3.63) is 16.1 Å². The summed E-state index contributed by atoms with van der Waals surface area (Å²) < 4.78 is 0. The van der Waals surface area contributed by atoms with Crippen LogP contribution in [-0.4, -0.2) is 60.0 Å². The van der Waals surface area contributed by atoms with Gasteiger partial charge in [-0.05, 0) is 20.5 Å². The van der Waals surface area contributed by atoms with E-state index in [1.54, 1.807) is 0 Å². The first-order valence-electron chi connectivity index (χ1n) is 6.25. The third kappa shape index (κ3) is 2.88. The first-order chi connectivity index (χ1) is 8.61. The van der Waals surface area contributed by atoms with Crippen LogP contribution in [0, 0.1) is 0 Å². The van der Waals surface area contributed by atoms with Gasteiger partial charge in [0.15, 0.2) is 0 Å². The van der Waals surface area contributed by atoms with E-state index >= 15 is 0 Å². The largest absolute Gasteiger partial charge is 0.334 e. The summed E-state index contributed by atoms with van der Waals surface area (Å²) >= 11 is 1.52. The topological polar surface area (TPSA) is 62.5 Å². The Hall–Kier alpha value is -0.980. The molecule has 1 aromatic rings. The maximum atomic E-state index is 12.3. The third-order valence-electron chi connectivity index (χ3n) is 3.38. The molecule has 1 atom stereocenters. The van der Waals surface area contributed by atoms with Crippen LogP contribution >= 0.6 is 11.3 Å². The van der Waals surface area contributed by atoms with Gasteiger partial charge in [0.1, 0.15) is 5.69 Å². The highest BCUT2D eigenvalue weighted by atomic mass is 32.1. The van der Waals surface area contributed by atoms with Crippen molar-refractivity contribution >= 4 is 17.2 Å². The van der Waals surface area contributed by atoms with Gasteiger partial charge in [-0.1, -0.05) is 0 Å². The van der Waals surface area contributed by atoms with Gasteiger partial charge in [0.25, 0.3) is 5.91 Å². The van der Waals surface area contributed by atoms with Gasteiger partial charge in [-0.15, -0.1) is 11.3 Å². The minimum Gasteiger partial charge on any atom is -0.334 e. The molecule has 0 bridgehead atoms. The van der Waals surface area contributed by atoms with Gasteiger partial charge >= 0.3 is 0 Å². The fourth-order valence-corrected chi connectivity index (χ4v) is 2.83. The van der Waals surface area contributed by atoms with E-state index in [9.17, 15) is 4.79 Å². The second-order valence-electron chi connectivity index (χ2n) is 4.75. The molecule has 18 heavy (non-hydrogen) atoms. The predicted molar refractivity (Wildman–Crippen MR) is 72.9 cm³/mol. The fourth-order valence-electron chi connectivity index (χ4n) is 2.04. The van der Waals surface area contributed by atoms with Crippen molar-refractivity contribution in [1.82, 2.24) is 14.8 Å².